The van der Waals surface area contributed by atoms with Gasteiger partial charge in [0.25, 0.3) is 0 Å². The summed E-state index contributed by atoms with van der Waals surface area (Å²) in [6.45, 7) is 2.14. The van der Waals surface area contributed by atoms with Crippen molar-refractivity contribution >= 4 is 5.91 Å². The van der Waals surface area contributed by atoms with Gasteiger partial charge in [0.1, 0.15) is 0 Å². The molecule has 0 bridgehead atoms. The smallest absolute Gasteiger partial charge is 0.222 e. The van der Waals surface area contributed by atoms with E-state index in [0.717, 1.165) is 25.7 Å². The molecule has 2 aliphatic carbocycles. The molecule has 0 radical (unpaired) electrons. The van der Waals surface area contributed by atoms with Crippen LogP contribution in [0.15, 0.2) is 0 Å². The summed E-state index contributed by atoms with van der Waals surface area (Å²) in [5, 5.41) is 3.15. The Balaban J connectivity index is 1.81. The normalized spacial score (nSPS) is 26.9. The van der Waals surface area contributed by atoms with Crippen LogP contribution in [0.3, 0.4) is 0 Å². The quantitative estimate of drug-likeness (QED) is 0.771. The van der Waals surface area contributed by atoms with Crippen molar-refractivity contribution < 1.29 is 4.79 Å². The molecule has 1 amide bonds. The summed E-state index contributed by atoms with van der Waals surface area (Å²) in [6.07, 6.45) is 9.66. The lowest BCUT2D eigenvalue weighted by atomic mass is 9.77. The second-order valence-electron chi connectivity index (χ2n) is 6.06. The van der Waals surface area contributed by atoms with E-state index in [1.165, 1.54) is 25.7 Å². The fourth-order valence-corrected chi connectivity index (χ4v) is 2.97. The summed E-state index contributed by atoms with van der Waals surface area (Å²) in [5.41, 5.74) is 6.13. The average Bonchev–Trinajstić information content (AvgIpc) is 2.15. The number of amides is 1. The highest BCUT2D eigenvalue weighted by Gasteiger charge is 2.36. The van der Waals surface area contributed by atoms with Gasteiger partial charge in [0.15, 0.2) is 0 Å². The fourth-order valence-electron chi connectivity index (χ4n) is 2.97. The van der Waals surface area contributed by atoms with Gasteiger partial charge in [-0.3, -0.25) is 4.79 Å². The highest BCUT2D eigenvalue weighted by atomic mass is 16.1. The molecule has 2 fully saturated rings. The van der Waals surface area contributed by atoms with Crippen molar-refractivity contribution in [3.8, 4) is 0 Å². The minimum Gasteiger partial charge on any atom is -0.351 e. The number of rotatable bonds is 3. The maximum atomic E-state index is 11.9. The van der Waals surface area contributed by atoms with Crippen molar-refractivity contribution in [2.45, 2.75) is 75.8 Å². The van der Waals surface area contributed by atoms with Crippen LogP contribution >= 0.6 is 0 Å². The van der Waals surface area contributed by atoms with Gasteiger partial charge in [-0.25, -0.2) is 0 Å². The largest absolute Gasteiger partial charge is 0.351 e. The maximum Gasteiger partial charge on any atom is 0.222 e. The molecule has 3 N–H and O–H groups in total. The molecule has 2 aliphatic rings. The summed E-state index contributed by atoms with van der Waals surface area (Å²) < 4.78 is 0. The van der Waals surface area contributed by atoms with Gasteiger partial charge in [0, 0.05) is 17.5 Å². The van der Waals surface area contributed by atoms with E-state index in [2.05, 4.69) is 12.2 Å². The first kappa shape index (κ1) is 11.9. The summed E-state index contributed by atoms with van der Waals surface area (Å²) in [5.74, 6) is 0.159. The van der Waals surface area contributed by atoms with Crippen molar-refractivity contribution in [1.29, 1.82) is 0 Å². The first-order valence-electron chi connectivity index (χ1n) is 6.61. The first-order valence-corrected chi connectivity index (χ1v) is 6.61. The van der Waals surface area contributed by atoms with E-state index in [0.29, 0.717) is 6.42 Å². The van der Waals surface area contributed by atoms with E-state index in [-0.39, 0.29) is 17.0 Å². The lowest BCUT2D eigenvalue weighted by molar-refractivity contribution is -0.125. The van der Waals surface area contributed by atoms with Crippen LogP contribution < -0.4 is 11.1 Å². The predicted molar refractivity (Wildman–Crippen MR) is 65.0 cm³/mol. The summed E-state index contributed by atoms with van der Waals surface area (Å²) >= 11 is 0. The molecule has 0 aromatic carbocycles. The molecule has 0 atom stereocenters. The Morgan fingerprint density at radius 2 is 1.75 bits per heavy atom. The molecule has 0 heterocycles. The molecule has 92 valence electrons. The highest BCUT2D eigenvalue weighted by Crippen LogP contribution is 2.32. The van der Waals surface area contributed by atoms with E-state index in [4.69, 9.17) is 5.73 Å². The van der Waals surface area contributed by atoms with Crippen LogP contribution in [0.1, 0.15) is 64.7 Å². The predicted octanol–water partition coefficient (Wildman–Crippen LogP) is 2.10. The summed E-state index contributed by atoms with van der Waals surface area (Å²) in [4.78, 5) is 11.9. The van der Waals surface area contributed by atoms with Gasteiger partial charge in [-0.1, -0.05) is 19.3 Å². The molecular weight excluding hydrogens is 200 g/mol. The third-order valence-electron chi connectivity index (χ3n) is 4.26. The average molecular weight is 224 g/mol. The van der Waals surface area contributed by atoms with Crippen LogP contribution in [-0.4, -0.2) is 17.0 Å². The first-order chi connectivity index (χ1) is 7.52. The maximum absolute atomic E-state index is 11.9. The van der Waals surface area contributed by atoms with Gasteiger partial charge < -0.3 is 11.1 Å². The summed E-state index contributed by atoms with van der Waals surface area (Å²) in [7, 11) is 0. The van der Waals surface area contributed by atoms with Crippen molar-refractivity contribution in [3.63, 3.8) is 0 Å². The standard InChI is InChI=1S/C13H24N2O/c1-12(6-5-7-12)15-11(16)10-13(14)8-3-2-4-9-13/h2-10,14H2,1H3,(H,15,16). The van der Waals surface area contributed by atoms with Gasteiger partial charge in [0.05, 0.1) is 0 Å². The zero-order valence-corrected chi connectivity index (χ0v) is 10.3. The molecule has 0 aromatic heterocycles. The second-order valence-corrected chi connectivity index (χ2v) is 6.06. The molecule has 0 aromatic rings. The van der Waals surface area contributed by atoms with E-state index < -0.39 is 0 Å². The van der Waals surface area contributed by atoms with E-state index in [1.54, 1.807) is 0 Å². The molecule has 0 aliphatic heterocycles. The lowest BCUT2D eigenvalue weighted by Crippen LogP contribution is -2.54. The van der Waals surface area contributed by atoms with E-state index in [9.17, 15) is 4.79 Å². The van der Waals surface area contributed by atoms with Crippen molar-refractivity contribution in [2.75, 3.05) is 0 Å². The van der Waals surface area contributed by atoms with Crippen molar-refractivity contribution in [1.82, 2.24) is 5.32 Å². The molecular formula is C13H24N2O. The van der Waals surface area contributed by atoms with E-state index >= 15 is 0 Å². The molecule has 0 unspecified atom stereocenters. The Labute approximate surface area is 98.2 Å². The fraction of sp³-hybridized carbons (Fsp3) is 0.923. The van der Waals surface area contributed by atoms with Crippen LogP contribution in [0.5, 0.6) is 0 Å². The monoisotopic (exact) mass is 224 g/mol. The minimum atomic E-state index is -0.220. The number of carbonyl (C=O) groups is 1. The van der Waals surface area contributed by atoms with Crippen LogP contribution in [0.25, 0.3) is 0 Å². The highest BCUT2D eigenvalue weighted by molar-refractivity contribution is 5.78. The number of hydrogen-bond acceptors (Lipinski definition) is 2. The lowest BCUT2D eigenvalue weighted by Gasteiger charge is -2.40. The minimum absolute atomic E-state index is 0.0715. The van der Waals surface area contributed by atoms with Crippen LogP contribution in [0, 0.1) is 0 Å². The molecule has 3 nitrogen and oxygen atoms in total. The molecule has 0 spiro atoms. The van der Waals surface area contributed by atoms with Gasteiger partial charge in [-0.15, -0.1) is 0 Å². The molecule has 16 heavy (non-hydrogen) atoms. The Morgan fingerprint density at radius 3 is 2.25 bits per heavy atom. The van der Waals surface area contributed by atoms with Gasteiger partial charge in [-0.2, -0.15) is 0 Å². The number of nitrogens with two attached hydrogens (primary N) is 1. The van der Waals surface area contributed by atoms with Crippen molar-refractivity contribution in [3.05, 3.63) is 0 Å². The second kappa shape index (κ2) is 4.36. The Hall–Kier alpha value is -0.570. The SMILES string of the molecule is CC1(NC(=O)CC2(N)CCCCC2)CCC1. The van der Waals surface area contributed by atoms with Gasteiger partial charge in [-0.05, 0) is 39.0 Å². The van der Waals surface area contributed by atoms with Crippen LogP contribution in [0.2, 0.25) is 0 Å². The van der Waals surface area contributed by atoms with Gasteiger partial charge in [0.2, 0.25) is 5.91 Å². The molecule has 0 saturated heterocycles. The number of nitrogens with one attached hydrogen (secondary N) is 1. The van der Waals surface area contributed by atoms with Gasteiger partial charge >= 0.3 is 0 Å². The third kappa shape index (κ3) is 2.76. The Bertz CT molecular complexity index is 265. The topological polar surface area (TPSA) is 55.1 Å². The molecule has 2 rings (SSSR count). The van der Waals surface area contributed by atoms with E-state index in [1.807, 2.05) is 0 Å². The Kier molecular flexibility index (Phi) is 3.24. The summed E-state index contributed by atoms with van der Waals surface area (Å²) in [6, 6.07) is 0. The molecule has 2 saturated carbocycles. The van der Waals surface area contributed by atoms with Crippen LogP contribution in [-0.2, 0) is 4.79 Å². The zero-order valence-electron chi connectivity index (χ0n) is 10.3. The zero-order chi connectivity index (χ0) is 11.6. The van der Waals surface area contributed by atoms with Crippen LogP contribution in [0.4, 0.5) is 0 Å². The number of hydrogen-bond donors (Lipinski definition) is 2. The number of carbonyl (C=O) groups excluding carboxylic acids is 1. The van der Waals surface area contributed by atoms with Crippen molar-refractivity contribution in [2.24, 2.45) is 5.73 Å². The molecule has 3 heteroatoms. The third-order valence-corrected chi connectivity index (χ3v) is 4.26. The Morgan fingerprint density at radius 1 is 1.12 bits per heavy atom.